The molecule has 5 heteroatoms. The Morgan fingerprint density at radius 2 is 2.06 bits per heavy atom. The van der Waals surface area contributed by atoms with Gasteiger partial charge in [-0.3, -0.25) is 4.79 Å². The minimum Gasteiger partial charge on any atom is -0.489 e. The second-order valence-electron chi connectivity index (χ2n) is 3.92. The third-order valence-electron chi connectivity index (χ3n) is 2.67. The Bertz CT molecular complexity index is 456. The van der Waals surface area contributed by atoms with Gasteiger partial charge in [-0.1, -0.05) is 0 Å². The summed E-state index contributed by atoms with van der Waals surface area (Å²) in [5.41, 5.74) is 1.58. The molecule has 0 saturated heterocycles. The van der Waals surface area contributed by atoms with Crippen LogP contribution in [0.5, 0.6) is 11.5 Å². The van der Waals surface area contributed by atoms with Gasteiger partial charge in [0, 0.05) is 6.42 Å². The van der Waals surface area contributed by atoms with Crippen LogP contribution in [0.15, 0.2) is 10.5 Å². The molecule has 1 aliphatic heterocycles. The van der Waals surface area contributed by atoms with Crippen molar-refractivity contribution in [2.75, 3.05) is 13.2 Å². The first-order valence-corrected chi connectivity index (χ1v) is 6.18. The van der Waals surface area contributed by atoms with Crippen LogP contribution in [0.1, 0.15) is 17.5 Å². The molecule has 0 spiro atoms. The number of carboxylic acids is 1. The Hall–Kier alpha value is -1.23. The summed E-state index contributed by atoms with van der Waals surface area (Å²) in [6.45, 7) is 3.07. The average molecular weight is 301 g/mol. The fourth-order valence-corrected chi connectivity index (χ4v) is 2.38. The van der Waals surface area contributed by atoms with Crippen LogP contribution in [0.25, 0.3) is 0 Å². The van der Waals surface area contributed by atoms with Crippen molar-refractivity contribution in [2.45, 2.75) is 19.8 Å². The molecule has 1 N–H and O–H groups in total. The molecular weight excluding hydrogens is 288 g/mol. The number of halogens is 1. The van der Waals surface area contributed by atoms with Crippen molar-refractivity contribution in [2.24, 2.45) is 0 Å². The van der Waals surface area contributed by atoms with Gasteiger partial charge in [0.25, 0.3) is 0 Å². The van der Waals surface area contributed by atoms with E-state index in [1.807, 2.05) is 6.92 Å². The van der Waals surface area contributed by atoms with Gasteiger partial charge in [0.2, 0.25) is 0 Å². The number of hydrogen-bond donors (Lipinski definition) is 1. The van der Waals surface area contributed by atoms with E-state index >= 15 is 0 Å². The Morgan fingerprint density at radius 1 is 1.41 bits per heavy atom. The molecule has 1 aliphatic rings. The van der Waals surface area contributed by atoms with Gasteiger partial charge in [0.05, 0.1) is 24.1 Å². The summed E-state index contributed by atoms with van der Waals surface area (Å²) in [6, 6.07) is 1.79. The van der Waals surface area contributed by atoms with Gasteiger partial charge in [0.15, 0.2) is 11.5 Å². The zero-order valence-corrected chi connectivity index (χ0v) is 11.0. The largest absolute Gasteiger partial charge is 0.489 e. The number of benzene rings is 1. The van der Waals surface area contributed by atoms with Gasteiger partial charge in [-0.2, -0.15) is 0 Å². The lowest BCUT2D eigenvalue weighted by Crippen LogP contribution is -2.04. The van der Waals surface area contributed by atoms with Crippen molar-refractivity contribution in [3.63, 3.8) is 0 Å². The molecule has 4 nitrogen and oxygen atoms in total. The first kappa shape index (κ1) is 12.2. The van der Waals surface area contributed by atoms with Crippen molar-refractivity contribution >= 4 is 21.9 Å². The summed E-state index contributed by atoms with van der Waals surface area (Å²) >= 11 is 3.39. The summed E-state index contributed by atoms with van der Waals surface area (Å²) in [4.78, 5) is 10.8. The smallest absolute Gasteiger partial charge is 0.307 e. The number of aliphatic carboxylic acids is 1. The zero-order valence-electron chi connectivity index (χ0n) is 9.46. The van der Waals surface area contributed by atoms with Gasteiger partial charge in [0.1, 0.15) is 0 Å². The van der Waals surface area contributed by atoms with Crippen LogP contribution < -0.4 is 9.47 Å². The Kier molecular flexibility index (Phi) is 3.57. The van der Waals surface area contributed by atoms with E-state index in [-0.39, 0.29) is 6.42 Å². The molecule has 1 heterocycles. The number of fused-ring (bicyclic) bond motifs is 1. The van der Waals surface area contributed by atoms with Gasteiger partial charge in [-0.05, 0) is 40.0 Å². The molecule has 92 valence electrons. The van der Waals surface area contributed by atoms with E-state index in [0.717, 1.165) is 22.0 Å². The maximum absolute atomic E-state index is 10.8. The van der Waals surface area contributed by atoms with Crippen molar-refractivity contribution < 1.29 is 19.4 Å². The number of carbonyl (C=O) groups is 1. The highest BCUT2D eigenvalue weighted by Gasteiger charge is 2.20. The molecule has 2 rings (SSSR count). The van der Waals surface area contributed by atoms with Crippen LogP contribution in [-0.4, -0.2) is 24.3 Å². The van der Waals surface area contributed by atoms with Gasteiger partial charge in [-0.25, -0.2) is 0 Å². The van der Waals surface area contributed by atoms with Crippen LogP contribution >= 0.6 is 15.9 Å². The summed E-state index contributed by atoms with van der Waals surface area (Å²) in [5, 5.41) is 8.85. The highest BCUT2D eigenvalue weighted by molar-refractivity contribution is 9.10. The monoisotopic (exact) mass is 300 g/mol. The molecule has 17 heavy (non-hydrogen) atoms. The molecule has 1 aromatic carbocycles. The average Bonchev–Trinajstić information content (AvgIpc) is 2.50. The summed E-state index contributed by atoms with van der Waals surface area (Å²) in [6.07, 6.45) is 0.815. The first-order valence-electron chi connectivity index (χ1n) is 5.39. The molecule has 0 unspecified atom stereocenters. The molecule has 0 fully saturated rings. The van der Waals surface area contributed by atoms with E-state index in [4.69, 9.17) is 14.6 Å². The van der Waals surface area contributed by atoms with Crippen LogP contribution in [0.2, 0.25) is 0 Å². The maximum atomic E-state index is 10.8. The lowest BCUT2D eigenvalue weighted by atomic mass is 10.0. The maximum Gasteiger partial charge on any atom is 0.307 e. The fourth-order valence-electron chi connectivity index (χ4n) is 1.81. The minimum absolute atomic E-state index is 0.0128. The predicted octanol–water partition coefficient (Wildman–Crippen LogP) is 2.55. The van der Waals surface area contributed by atoms with E-state index in [1.54, 1.807) is 6.07 Å². The van der Waals surface area contributed by atoms with E-state index in [9.17, 15) is 4.79 Å². The predicted molar refractivity (Wildman–Crippen MR) is 65.8 cm³/mol. The number of hydrogen-bond acceptors (Lipinski definition) is 3. The summed E-state index contributed by atoms with van der Waals surface area (Å²) < 4.78 is 12.0. The van der Waals surface area contributed by atoms with Crippen molar-refractivity contribution in [1.82, 2.24) is 0 Å². The third kappa shape index (κ3) is 2.54. The molecule has 0 saturated carbocycles. The molecule has 0 amide bonds. The molecule has 0 bridgehead atoms. The summed E-state index contributed by atoms with van der Waals surface area (Å²) in [5.74, 6) is 0.483. The fraction of sp³-hybridized carbons (Fsp3) is 0.417. The summed E-state index contributed by atoms with van der Waals surface area (Å²) in [7, 11) is 0. The standard InChI is InChI=1S/C12H13BrO4/c1-7-8(6-10(14)15)5-9(13)12-11(7)16-3-2-4-17-12/h5H,2-4,6H2,1H3,(H,14,15). The van der Waals surface area contributed by atoms with Crippen molar-refractivity contribution in [3.8, 4) is 11.5 Å². The Labute approximate surface area is 108 Å². The number of carboxylic acid groups (broad SMARTS) is 1. The van der Waals surface area contributed by atoms with Crippen LogP contribution in [0.3, 0.4) is 0 Å². The van der Waals surface area contributed by atoms with E-state index in [0.29, 0.717) is 24.7 Å². The van der Waals surface area contributed by atoms with Crippen LogP contribution in [0, 0.1) is 6.92 Å². The molecular formula is C12H13BrO4. The zero-order chi connectivity index (χ0) is 12.4. The minimum atomic E-state index is -0.852. The second-order valence-corrected chi connectivity index (χ2v) is 4.78. The normalized spacial score (nSPS) is 14.2. The highest BCUT2D eigenvalue weighted by atomic mass is 79.9. The lowest BCUT2D eigenvalue weighted by molar-refractivity contribution is -0.136. The van der Waals surface area contributed by atoms with Crippen LogP contribution in [0.4, 0.5) is 0 Å². The molecule has 1 aromatic rings. The van der Waals surface area contributed by atoms with Gasteiger partial charge < -0.3 is 14.6 Å². The number of rotatable bonds is 2. The Balaban J connectivity index is 2.48. The Morgan fingerprint density at radius 3 is 2.71 bits per heavy atom. The number of ether oxygens (including phenoxy) is 2. The van der Waals surface area contributed by atoms with Crippen molar-refractivity contribution in [1.29, 1.82) is 0 Å². The van der Waals surface area contributed by atoms with E-state index in [1.165, 1.54) is 0 Å². The van der Waals surface area contributed by atoms with Gasteiger partial charge >= 0.3 is 5.97 Å². The lowest BCUT2D eigenvalue weighted by Gasteiger charge is -2.15. The SMILES string of the molecule is Cc1c(CC(=O)O)cc(Br)c2c1OCCCO2. The second kappa shape index (κ2) is 4.96. The topological polar surface area (TPSA) is 55.8 Å². The van der Waals surface area contributed by atoms with E-state index in [2.05, 4.69) is 15.9 Å². The molecule has 0 aromatic heterocycles. The molecule has 0 aliphatic carbocycles. The van der Waals surface area contributed by atoms with Crippen molar-refractivity contribution in [3.05, 3.63) is 21.7 Å². The van der Waals surface area contributed by atoms with Crippen LogP contribution in [-0.2, 0) is 11.2 Å². The quantitative estimate of drug-likeness (QED) is 0.912. The third-order valence-corrected chi connectivity index (χ3v) is 3.26. The first-order chi connectivity index (χ1) is 8.09. The van der Waals surface area contributed by atoms with Gasteiger partial charge in [-0.15, -0.1) is 0 Å². The van der Waals surface area contributed by atoms with E-state index < -0.39 is 5.97 Å². The molecule has 0 atom stereocenters. The molecule has 0 radical (unpaired) electrons. The highest BCUT2D eigenvalue weighted by Crippen LogP contribution is 2.41.